The van der Waals surface area contributed by atoms with Gasteiger partial charge in [-0.25, -0.2) is 25.0 Å². The number of rotatable bonds is 5. The summed E-state index contributed by atoms with van der Waals surface area (Å²) in [5.41, 5.74) is 3.89. The number of nitrogens with one attached hydrogen (secondary N) is 1. The largest absolute Gasteiger partial charge is 0.573 e. The molecular weight excluding hydrogens is 391 g/mol. The summed E-state index contributed by atoms with van der Waals surface area (Å²) in [5, 5.41) is 4.39. The van der Waals surface area contributed by atoms with E-state index in [9.17, 15) is 13.2 Å². The highest BCUT2D eigenvalue weighted by molar-refractivity contribution is 5.98. The van der Waals surface area contributed by atoms with Gasteiger partial charge < -0.3 is 4.74 Å². The molecule has 0 bridgehead atoms. The van der Waals surface area contributed by atoms with Crippen LogP contribution < -0.4 is 10.2 Å². The first-order valence-corrected chi connectivity index (χ1v) is 8.39. The molecule has 1 aliphatic heterocycles. The number of alkyl halides is 3. The third kappa shape index (κ3) is 4.48. The summed E-state index contributed by atoms with van der Waals surface area (Å²) in [6.07, 6.45) is -0.727. The van der Waals surface area contributed by atoms with E-state index in [0.29, 0.717) is 29.6 Å². The van der Waals surface area contributed by atoms with Crippen LogP contribution in [0.3, 0.4) is 0 Å². The molecule has 1 N–H and O–H groups in total. The predicted octanol–water partition coefficient (Wildman–Crippen LogP) is 2.30. The normalized spacial score (nSPS) is 16.4. The van der Waals surface area contributed by atoms with Crippen LogP contribution in [0.2, 0.25) is 0 Å². The molecule has 9 nitrogen and oxygen atoms in total. The van der Waals surface area contributed by atoms with E-state index in [-0.39, 0.29) is 5.75 Å². The SMILES string of the molecule is Cc1nc(C2N=C(c3ccc(OC(F)(F)F)cc3)NO2)nn1Cc1cnccn1. The first kappa shape index (κ1) is 18.8. The lowest BCUT2D eigenvalue weighted by atomic mass is 10.2. The van der Waals surface area contributed by atoms with Gasteiger partial charge in [-0.2, -0.15) is 5.10 Å². The van der Waals surface area contributed by atoms with E-state index >= 15 is 0 Å². The maximum atomic E-state index is 12.3. The van der Waals surface area contributed by atoms with Crippen molar-refractivity contribution >= 4 is 5.84 Å². The number of halogens is 3. The molecule has 1 unspecified atom stereocenters. The predicted molar refractivity (Wildman–Crippen MR) is 92.5 cm³/mol. The molecule has 150 valence electrons. The molecule has 0 aliphatic carbocycles. The van der Waals surface area contributed by atoms with Gasteiger partial charge in [-0.05, 0) is 31.2 Å². The summed E-state index contributed by atoms with van der Waals surface area (Å²) in [4.78, 5) is 22.3. The third-order valence-electron chi connectivity index (χ3n) is 3.90. The van der Waals surface area contributed by atoms with Crippen LogP contribution in [0.4, 0.5) is 13.2 Å². The Bertz CT molecular complexity index is 1020. The Kier molecular flexibility index (Phi) is 4.84. The second kappa shape index (κ2) is 7.47. The highest BCUT2D eigenvalue weighted by Crippen LogP contribution is 2.25. The maximum absolute atomic E-state index is 12.3. The summed E-state index contributed by atoms with van der Waals surface area (Å²) in [6.45, 7) is 2.18. The smallest absolute Gasteiger partial charge is 0.406 e. The Labute approximate surface area is 162 Å². The van der Waals surface area contributed by atoms with Gasteiger partial charge in [0.2, 0.25) is 12.1 Å². The standard InChI is InChI=1S/C17H14F3N7O2/c1-10-23-15(25-27(10)9-12-8-21-6-7-22-12)16-24-14(26-29-16)11-2-4-13(5-3-11)28-17(18,19)20/h2-8,16H,9H2,1H3,(H,24,26). The van der Waals surface area contributed by atoms with E-state index in [0.717, 1.165) is 5.69 Å². The van der Waals surface area contributed by atoms with E-state index in [2.05, 4.69) is 35.3 Å². The molecule has 0 fully saturated rings. The molecule has 3 aromatic rings. The van der Waals surface area contributed by atoms with Gasteiger partial charge in [0, 0.05) is 18.0 Å². The number of amidine groups is 1. The number of hydrogen-bond acceptors (Lipinski definition) is 8. The van der Waals surface area contributed by atoms with Gasteiger partial charge in [-0.15, -0.1) is 13.2 Å². The van der Waals surface area contributed by atoms with Crippen molar-refractivity contribution in [3.05, 3.63) is 65.8 Å². The zero-order valence-corrected chi connectivity index (χ0v) is 15.0. The molecule has 0 saturated carbocycles. The van der Waals surface area contributed by atoms with E-state index in [4.69, 9.17) is 4.84 Å². The Hall–Kier alpha value is -3.54. The van der Waals surface area contributed by atoms with Crippen LogP contribution >= 0.6 is 0 Å². The summed E-state index contributed by atoms with van der Waals surface area (Å²) in [5.74, 6) is 1.01. The van der Waals surface area contributed by atoms with Crippen molar-refractivity contribution in [2.45, 2.75) is 26.1 Å². The van der Waals surface area contributed by atoms with E-state index in [1.54, 1.807) is 30.2 Å². The van der Waals surface area contributed by atoms with Crippen LogP contribution in [0, 0.1) is 6.92 Å². The molecule has 4 rings (SSSR count). The molecule has 1 aliphatic rings. The molecule has 12 heteroatoms. The van der Waals surface area contributed by atoms with Crippen molar-refractivity contribution in [1.29, 1.82) is 0 Å². The molecule has 1 atom stereocenters. The first-order chi connectivity index (χ1) is 13.9. The van der Waals surface area contributed by atoms with Crippen LogP contribution in [0.1, 0.15) is 29.1 Å². The molecule has 0 radical (unpaired) electrons. The van der Waals surface area contributed by atoms with E-state index in [1.807, 2.05) is 0 Å². The van der Waals surface area contributed by atoms with Crippen molar-refractivity contribution in [2.24, 2.45) is 4.99 Å². The van der Waals surface area contributed by atoms with Crippen molar-refractivity contribution in [3.8, 4) is 5.75 Å². The van der Waals surface area contributed by atoms with E-state index in [1.165, 1.54) is 24.3 Å². The van der Waals surface area contributed by atoms with Gasteiger partial charge in [0.15, 0.2) is 5.84 Å². The summed E-state index contributed by atoms with van der Waals surface area (Å²) >= 11 is 0. The lowest BCUT2D eigenvalue weighted by Crippen LogP contribution is -2.19. The maximum Gasteiger partial charge on any atom is 0.573 e. The Morgan fingerprint density at radius 2 is 2.00 bits per heavy atom. The zero-order chi connectivity index (χ0) is 20.4. The molecule has 0 amide bonds. The summed E-state index contributed by atoms with van der Waals surface area (Å²) in [7, 11) is 0. The molecule has 1 aromatic carbocycles. The van der Waals surface area contributed by atoms with Gasteiger partial charge in [0.05, 0.1) is 18.4 Å². The Morgan fingerprint density at radius 1 is 1.21 bits per heavy atom. The van der Waals surface area contributed by atoms with Crippen LogP contribution in [0.25, 0.3) is 0 Å². The monoisotopic (exact) mass is 405 g/mol. The fourth-order valence-corrected chi connectivity index (χ4v) is 2.60. The van der Waals surface area contributed by atoms with Crippen LogP contribution in [0.15, 0.2) is 47.8 Å². The fraction of sp³-hybridized carbons (Fsp3) is 0.235. The minimum atomic E-state index is -4.74. The number of aryl methyl sites for hydroxylation is 1. The minimum Gasteiger partial charge on any atom is -0.406 e. The number of aromatic nitrogens is 5. The van der Waals surface area contributed by atoms with Crippen molar-refractivity contribution in [2.75, 3.05) is 0 Å². The number of ether oxygens (including phenoxy) is 1. The van der Waals surface area contributed by atoms with Crippen molar-refractivity contribution in [3.63, 3.8) is 0 Å². The Morgan fingerprint density at radius 3 is 2.69 bits per heavy atom. The average Bonchev–Trinajstić information content (AvgIpc) is 3.30. The lowest BCUT2D eigenvalue weighted by Gasteiger charge is -2.09. The second-order valence-electron chi connectivity index (χ2n) is 5.99. The van der Waals surface area contributed by atoms with Crippen molar-refractivity contribution < 1.29 is 22.7 Å². The fourth-order valence-electron chi connectivity index (χ4n) is 2.60. The zero-order valence-electron chi connectivity index (χ0n) is 15.0. The number of benzene rings is 1. The van der Waals surface area contributed by atoms with Gasteiger partial charge in [-0.1, -0.05) is 0 Å². The highest BCUT2D eigenvalue weighted by atomic mass is 19.4. The Balaban J connectivity index is 1.48. The summed E-state index contributed by atoms with van der Waals surface area (Å²) < 4.78 is 42.3. The number of hydrogen-bond donors (Lipinski definition) is 1. The van der Waals surface area contributed by atoms with Gasteiger partial charge in [0.25, 0.3) is 0 Å². The number of aliphatic imine (C=N–C) groups is 1. The minimum absolute atomic E-state index is 0.322. The first-order valence-electron chi connectivity index (χ1n) is 8.39. The van der Waals surface area contributed by atoms with Crippen molar-refractivity contribution in [1.82, 2.24) is 30.2 Å². The van der Waals surface area contributed by atoms with Crippen LogP contribution in [-0.2, 0) is 11.4 Å². The molecular formula is C17H14F3N7O2. The van der Waals surface area contributed by atoms with Gasteiger partial charge in [-0.3, -0.25) is 9.97 Å². The third-order valence-corrected chi connectivity index (χ3v) is 3.90. The van der Waals surface area contributed by atoms with E-state index < -0.39 is 12.6 Å². The number of nitrogens with zero attached hydrogens (tertiary/aromatic N) is 6. The van der Waals surface area contributed by atoms with Crippen LogP contribution in [-0.4, -0.2) is 36.9 Å². The molecule has 2 aromatic heterocycles. The topological polar surface area (TPSA) is 99.3 Å². The molecule has 0 spiro atoms. The molecule has 3 heterocycles. The average molecular weight is 405 g/mol. The van der Waals surface area contributed by atoms with Gasteiger partial charge in [0.1, 0.15) is 11.6 Å². The quantitative estimate of drug-likeness (QED) is 0.695. The lowest BCUT2D eigenvalue weighted by molar-refractivity contribution is -0.274. The second-order valence-corrected chi connectivity index (χ2v) is 5.99. The van der Waals surface area contributed by atoms with Crippen LogP contribution in [0.5, 0.6) is 5.75 Å². The molecule has 0 saturated heterocycles. The van der Waals surface area contributed by atoms with Gasteiger partial charge >= 0.3 is 6.36 Å². The summed E-state index contributed by atoms with van der Waals surface area (Å²) in [6, 6.07) is 5.25. The highest BCUT2D eigenvalue weighted by Gasteiger charge is 2.31. The number of hydroxylamine groups is 1. The molecule has 29 heavy (non-hydrogen) atoms.